The number of hydrogen-bond donors (Lipinski definition) is 0. The SMILES string of the molecule is COc1ccccc1Cn1c(=O)n(Cc2ccccc2OC)c(=O)n(Cc2ccccc2OC)c1=O. The van der Waals surface area contributed by atoms with E-state index in [0.717, 1.165) is 13.7 Å². The Labute approximate surface area is 207 Å². The average Bonchev–Trinajstić information content (AvgIpc) is 2.92. The number of methoxy groups -OCH3 is 3. The van der Waals surface area contributed by atoms with Crippen molar-refractivity contribution in [1.29, 1.82) is 0 Å². The van der Waals surface area contributed by atoms with E-state index >= 15 is 0 Å². The van der Waals surface area contributed by atoms with E-state index in [1.165, 1.54) is 21.3 Å². The van der Waals surface area contributed by atoms with Crippen LogP contribution >= 0.6 is 0 Å². The molecule has 0 fully saturated rings. The minimum Gasteiger partial charge on any atom is -0.496 e. The lowest BCUT2D eigenvalue weighted by Gasteiger charge is -2.17. The Morgan fingerprint density at radius 2 is 0.722 bits per heavy atom. The predicted octanol–water partition coefficient (Wildman–Crippen LogP) is 2.34. The van der Waals surface area contributed by atoms with Gasteiger partial charge in [0.25, 0.3) is 0 Å². The lowest BCUT2D eigenvalue weighted by molar-refractivity contribution is 0.398. The van der Waals surface area contributed by atoms with E-state index < -0.39 is 17.1 Å². The Balaban J connectivity index is 1.92. The van der Waals surface area contributed by atoms with Crippen LogP contribution in [0.1, 0.15) is 16.7 Å². The molecule has 0 atom stereocenters. The zero-order chi connectivity index (χ0) is 25.7. The fraction of sp³-hybridized carbons (Fsp3) is 0.222. The molecule has 9 nitrogen and oxygen atoms in total. The van der Waals surface area contributed by atoms with Crippen molar-refractivity contribution in [1.82, 2.24) is 13.7 Å². The molecule has 186 valence electrons. The maximum Gasteiger partial charge on any atom is 0.336 e. The molecule has 0 saturated carbocycles. The monoisotopic (exact) mass is 489 g/mol. The third-order valence-corrected chi connectivity index (χ3v) is 5.95. The van der Waals surface area contributed by atoms with Gasteiger partial charge < -0.3 is 14.2 Å². The molecule has 0 aliphatic heterocycles. The van der Waals surface area contributed by atoms with Gasteiger partial charge in [-0.1, -0.05) is 54.6 Å². The first-order chi connectivity index (χ1) is 17.5. The summed E-state index contributed by atoms with van der Waals surface area (Å²) >= 11 is 0. The van der Waals surface area contributed by atoms with Crippen molar-refractivity contribution >= 4 is 0 Å². The molecular weight excluding hydrogens is 462 g/mol. The second-order valence-corrected chi connectivity index (χ2v) is 8.04. The van der Waals surface area contributed by atoms with Crippen LogP contribution in [0.15, 0.2) is 87.2 Å². The van der Waals surface area contributed by atoms with Gasteiger partial charge in [0, 0.05) is 16.7 Å². The number of benzene rings is 3. The average molecular weight is 490 g/mol. The largest absolute Gasteiger partial charge is 0.496 e. The molecule has 0 spiro atoms. The maximum atomic E-state index is 13.6. The van der Waals surface area contributed by atoms with Crippen molar-refractivity contribution in [2.75, 3.05) is 21.3 Å². The van der Waals surface area contributed by atoms with Gasteiger partial charge in [0.1, 0.15) is 17.2 Å². The van der Waals surface area contributed by atoms with E-state index in [1.807, 2.05) is 0 Å². The van der Waals surface area contributed by atoms with Crippen LogP contribution in [-0.2, 0) is 19.6 Å². The molecule has 0 aliphatic rings. The van der Waals surface area contributed by atoms with Crippen molar-refractivity contribution < 1.29 is 14.2 Å². The fourth-order valence-electron chi connectivity index (χ4n) is 4.10. The third-order valence-electron chi connectivity index (χ3n) is 5.95. The van der Waals surface area contributed by atoms with E-state index in [9.17, 15) is 14.4 Å². The first-order valence-corrected chi connectivity index (χ1v) is 11.3. The predicted molar refractivity (Wildman–Crippen MR) is 136 cm³/mol. The van der Waals surface area contributed by atoms with Gasteiger partial charge in [-0.2, -0.15) is 0 Å². The number of nitrogens with zero attached hydrogens (tertiary/aromatic N) is 3. The Morgan fingerprint density at radius 3 is 0.972 bits per heavy atom. The number of para-hydroxylation sites is 3. The number of hydrogen-bond acceptors (Lipinski definition) is 6. The summed E-state index contributed by atoms with van der Waals surface area (Å²) in [5.41, 5.74) is -0.282. The van der Waals surface area contributed by atoms with Crippen molar-refractivity contribution in [3.8, 4) is 17.2 Å². The summed E-state index contributed by atoms with van der Waals surface area (Å²) in [7, 11) is 4.55. The summed E-state index contributed by atoms with van der Waals surface area (Å²) in [6.07, 6.45) is 0. The first-order valence-electron chi connectivity index (χ1n) is 11.3. The first kappa shape index (κ1) is 24.6. The summed E-state index contributed by atoms with van der Waals surface area (Å²) in [5.74, 6) is 1.59. The fourth-order valence-corrected chi connectivity index (χ4v) is 4.10. The quantitative estimate of drug-likeness (QED) is 0.358. The van der Waals surface area contributed by atoms with Crippen LogP contribution in [0.25, 0.3) is 0 Å². The lowest BCUT2D eigenvalue weighted by atomic mass is 10.2. The molecule has 0 N–H and O–H groups in total. The van der Waals surface area contributed by atoms with Crippen LogP contribution in [0.4, 0.5) is 0 Å². The van der Waals surface area contributed by atoms with Gasteiger partial charge in [0.15, 0.2) is 0 Å². The topological polar surface area (TPSA) is 93.7 Å². The molecule has 36 heavy (non-hydrogen) atoms. The van der Waals surface area contributed by atoms with Gasteiger partial charge in [-0.05, 0) is 18.2 Å². The summed E-state index contributed by atoms with van der Waals surface area (Å²) in [6.45, 7) is -0.209. The van der Waals surface area contributed by atoms with Gasteiger partial charge in [-0.3, -0.25) is 0 Å². The van der Waals surface area contributed by atoms with E-state index in [2.05, 4.69) is 0 Å². The van der Waals surface area contributed by atoms with Gasteiger partial charge >= 0.3 is 17.1 Å². The highest BCUT2D eigenvalue weighted by molar-refractivity contribution is 5.35. The van der Waals surface area contributed by atoms with Crippen LogP contribution in [0.3, 0.4) is 0 Å². The van der Waals surface area contributed by atoms with Crippen LogP contribution in [0.5, 0.6) is 17.2 Å². The van der Waals surface area contributed by atoms with Gasteiger partial charge in [-0.25, -0.2) is 28.1 Å². The van der Waals surface area contributed by atoms with Crippen molar-refractivity contribution in [2.24, 2.45) is 0 Å². The zero-order valence-corrected chi connectivity index (χ0v) is 20.3. The molecule has 1 heterocycles. The number of ether oxygens (including phenoxy) is 3. The van der Waals surface area contributed by atoms with E-state index in [0.29, 0.717) is 33.9 Å². The van der Waals surface area contributed by atoms with Crippen LogP contribution < -0.4 is 31.3 Å². The zero-order valence-electron chi connectivity index (χ0n) is 20.3. The summed E-state index contributed by atoms with van der Waals surface area (Å²) < 4.78 is 19.4. The Morgan fingerprint density at radius 1 is 0.472 bits per heavy atom. The number of aromatic nitrogens is 3. The standard InChI is InChI=1S/C27H27N3O6/c1-34-22-13-7-4-10-19(22)16-28-25(31)29(17-20-11-5-8-14-23(20)35-2)27(33)30(26(28)32)18-21-12-6-9-15-24(21)36-3/h4-15H,16-18H2,1-3H3. The molecule has 9 heteroatoms. The molecule has 0 bridgehead atoms. The molecule has 4 rings (SSSR count). The Bertz CT molecular complexity index is 1340. The molecule has 0 aliphatic carbocycles. The highest BCUT2D eigenvalue weighted by Gasteiger charge is 2.19. The molecule has 0 saturated heterocycles. The van der Waals surface area contributed by atoms with E-state index in [4.69, 9.17) is 14.2 Å². The van der Waals surface area contributed by atoms with Crippen LogP contribution in [0.2, 0.25) is 0 Å². The molecule has 1 aromatic heterocycles. The maximum absolute atomic E-state index is 13.6. The van der Waals surface area contributed by atoms with Crippen molar-refractivity contribution in [2.45, 2.75) is 19.6 Å². The van der Waals surface area contributed by atoms with Gasteiger partial charge in [0.2, 0.25) is 0 Å². The molecule has 0 unspecified atom stereocenters. The minimum absolute atomic E-state index is 0.0696. The molecular formula is C27H27N3O6. The highest BCUT2D eigenvalue weighted by Crippen LogP contribution is 2.20. The third kappa shape index (κ3) is 4.81. The van der Waals surface area contributed by atoms with Crippen molar-refractivity contribution in [3.63, 3.8) is 0 Å². The molecule has 0 radical (unpaired) electrons. The van der Waals surface area contributed by atoms with E-state index in [-0.39, 0.29) is 19.6 Å². The normalized spacial score (nSPS) is 10.8. The summed E-state index contributed by atoms with van der Waals surface area (Å²) in [4.78, 5) is 40.7. The molecule has 3 aromatic carbocycles. The Hall–Kier alpha value is -4.53. The second-order valence-electron chi connectivity index (χ2n) is 8.04. The minimum atomic E-state index is -0.724. The smallest absolute Gasteiger partial charge is 0.336 e. The second kappa shape index (κ2) is 10.8. The van der Waals surface area contributed by atoms with E-state index in [1.54, 1.807) is 72.8 Å². The summed E-state index contributed by atoms with van der Waals surface area (Å²) in [6, 6.07) is 21.3. The molecule has 0 amide bonds. The van der Waals surface area contributed by atoms with Gasteiger partial charge in [0.05, 0.1) is 41.0 Å². The lowest BCUT2D eigenvalue weighted by Crippen LogP contribution is -2.54. The Kier molecular flexibility index (Phi) is 7.39. The van der Waals surface area contributed by atoms with Crippen molar-refractivity contribution in [3.05, 3.63) is 121 Å². The van der Waals surface area contributed by atoms with Crippen LogP contribution in [-0.4, -0.2) is 35.0 Å². The van der Waals surface area contributed by atoms with Crippen LogP contribution in [0, 0.1) is 0 Å². The number of rotatable bonds is 9. The highest BCUT2D eigenvalue weighted by atomic mass is 16.5. The van der Waals surface area contributed by atoms with Gasteiger partial charge in [-0.15, -0.1) is 0 Å². The summed E-state index contributed by atoms with van der Waals surface area (Å²) in [5, 5.41) is 0. The molecule has 4 aromatic rings.